The van der Waals surface area contributed by atoms with Gasteiger partial charge in [0.05, 0.1) is 6.33 Å². The summed E-state index contributed by atoms with van der Waals surface area (Å²) in [5, 5.41) is 3.33. The highest BCUT2D eigenvalue weighted by molar-refractivity contribution is 5.67. The van der Waals surface area contributed by atoms with Crippen LogP contribution in [0.15, 0.2) is 6.33 Å². The summed E-state index contributed by atoms with van der Waals surface area (Å²) in [6, 6.07) is 0. The van der Waals surface area contributed by atoms with Crippen LogP contribution in [0, 0.1) is 5.92 Å². The number of hydrogen-bond acceptors (Lipinski definition) is 4. The number of aromatic nitrogens is 4. The number of anilines is 1. The average Bonchev–Trinajstić information content (AvgIpc) is 3.29. The van der Waals surface area contributed by atoms with Crippen molar-refractivity contribution in [2.45, 2.75) is 64.3 Å². The molecule has 2 saturated carbocycles. The lowest BCUT2D eigenvalue weighted by atomic mass is 9.89. The Labute approximate surface area is 131 Å². The molecule has 4 aliphatic rings. The molecule has 4 rings (SSSR count). The van der Waals surface area contributed by atoms with E-state index in [0.717, 1.165) is 42.2 Å². The maximum atomic E-state index is 4.85. The minimum atomic E-state index is 0.588. The molecule has 1 N–H and O–H groups in total. The Morgan fingerprint density at radius 1 is 1.14 bits per heavy atom. The number of fused-ring (bicyclic) bond motifs is 1. The molecule has 0 aromatic rings. The SMILES string of the molecule is CCNc1ncn(CC2CCCCC2)c2nc(C3CC3)nc1-2. The second-order valence-electron chi connectivity index (χ2n) is 6.81. The molecule has 0 amide bonds. The predicted molar refractivity (Wildman–Crippen MR) is 87.2 cm³/mol. The standard InChI is InChI=1S/C17H25N5/c1-2-18-16-14-17(21-15(20-14)13-8-9-13)22(11-19-16)10-12-6-4-3-5-7-12/h11-13,18H,2-10H2,1H3. The van der Waals surface area contributed by atoms with Crippen molar-refractivity contribution in [2.75, 3.05) is 11.9 Å². The van der Waals surface area contributed by atoms with Crippen LogP contribution >= 0.6 is 0 Å². The van der Waals surface area contributed by atoms with Crippen LogP contribution < -0.4 is 5.32 Å². The predicted octanol–water partition coefficient (Wildman–Crippen LogP) is 3.67. The van der Waals surface area contributed by atoms with E-state index in [1.165, 1.54) is 44.9 Å². The van der Waals surface area contributed by atoms with E-state index in [9.17, 15) is 0 Å². The van der Waals surface area contributed by atoms with E-state index in [2.05, 4.69) is 21.8 Å². The van der Waals surface area contributed by atoms with Crippen LogP contribution in [0.4, 0.5) is 5.82 Å². The molecule has 2 aliphatic heterocycles. The molecule has 0 bridgehead atoms. The summed E-state index contributed by atoms with van der Waals surface area (Å²) in [6.45, 7) is 3.99. The smallest absolute Gasteiger partial charge is 0.165 e. The number of nitrogens with zero attached hydrogens (tertiary/aromatic N) is 4. The largest absolute Gasteiger partial charge is 0.368 e. The number of rotatable bonds is 5. The summed E-state index contributed by atoms with van der Waals surface area (Å²) in [4.78, 5) is 14.2. The third-order valence-electron chi connectivity index (χ3n) is 4.95. The molecule has 2 fully saturated rings. The summed E-state index contributed by atoms with van der Waals surface area (Å²) in [6.07, 6.45) is 11.3. The number of imidazole rings is 1. The minimum absolute atomic E-state index is 0.588. The molecule has 22 heavy (non-hydrogen) atoms. The topological polar surface area (TPSA) is 55.6 Å². The van der Waals surface area contributed by atoms with Crippen LogP contribution in [0.2, 0.25) is 0 Å². The van der Waals surface area contributed by atoms with E-state index in [1.807, 2.05) is 6.33 Å². The van der Waals surface area contributed by atoms with Crippen molar-refractivity contribution in [1.29, 1.82) is 0 Å². The maximum absolute atomic E-state index is 4.85. The van der Waals surface area contributed by atoms with Crippen LogP contribution in [-0.4, -0.2) is 26.1 Å². The van der Waals surface area contributed by atoms with Gasteiger partial charge < -0.3 is 9.88 Å². The van der Waals surface area contributed by atoms with Crippen LogP contribution in [0.3, 0.4) is 0 Å². The van der Waals surface area contributed by atoms with Crippen molar-refractivity contribution in [2.24, 2.45) is 5.92 Å². The molecular weight excluding hydrogens is 274 g/mol. The lowest BCUT2D eigenvalue weighted by Gasteiger charge is -2.23. The third-order valence-corrected chi connectivity index (χ3v) is 4.95. The lowest BCUT2D eigenvalue weighted by molar-refractivity contribution is 0.318. The van der Waals surface area contributed by atoms with E-state index in [4.69, 9.17) is 9.97 Å². The Kier molecular flexibility index (Phi) is 3.72. The van der Waals surface area contributed by atoms with E-state index >= 15 is 0 Å². The van der Waals surface area contributed by atoms with Gasteiger partial charge in [-0.2, -0.15) is 0 Å². The second-order valence-corrected chi connectivity index (χ2v) is 6.81. The molecule has 5 heteroatoms. The van der Waals surface area contributed by atoms with Crippen molar-refractivity contribution in [1.82, 2.24) is 19.5 Å². The molecule has 2 heterocycles. The van der Waals surface area contributed by atoms with Crippen molar-refractivity contribution >= 4 is 5.82 Å². The highest BCUT2D eigenvalue weighted by atomic mass is 15.2. The first kappa shape index (κ1) is 14.0. The Morgan fingerprint density at radius 3 is 2.68 bits per heavy atom. The van der Waals surface area contributed by atoms with Crippen molar-refractivity contribution in [3.63, 3.8) is 0 Å². The van der Waals surface area contributed by atoms with E-state index in [-0.39, 0.29) is 0 Å². The zero-order valence-electron chi connectivity index (χ0n) is 13.4. The average molecular weight is 299 g/mol. The molecule has 0 aromatic heterocycles. The highest BCUT2D eigenvalue weighted by Crippen LogP contribution is 2.41. The molecule has 0 aromatic carbocycles. The third kappa shape index (κ3) is 2.69. The molecule has 0 atom stereocenters. The Morgan fingerprint density at radius 2 is 1.95 bits per heavy atom. The monoisotopic (exact) mass is 299 g/mol. The maximum Gasteiger partial charge on any atom is 0.165 e. The quantitative estimate of drug-likeness (QED) is 0.915. The summed E-state index contributed by atoms with van der Waals surface area (Å²) >= 11 is 0. The first-order valence-corrected chi connectivity index (χ1v) is 8.81. The van der Waals surface area contributed by atoms with Crippen molar-refractivity contribution < 1.29 is 0 Å². The molecule has 0 spiro atoms. The van der Waals surface area contributed by atoms with Gasteiger partial charge in [-0.25, -0.2) is 15.0 Å². The van der Waals surface area contributed by atoms with Crippen LogP contribution in [0.25, 0.3) is 11.5 Å². The van der Waals surface area contributed by atoms with Gasteiger partial charge in [0.15, 0.2) is 17.3 Å². The van der Waals surface area contributed by atoms with Gasteiger partial charge in [-0.15, -0.1) is 0 Å². The first-order valence-electron chi connectivity index (χ1n) is 8.81. The number of nitrogens with one attached hydrogen (secondary N) is 1. The zero-order chi connectivity index (χ0) is 14.9. The van der Waals surface area contributed by atoms with Crippen molar-refractivity contribution in [3.05, 3.63) is 12.2 Å². The van der Waals surface area contributed by atoms with Gasteiger partial charge in [-0.1, -0.05) is 19.3 Å². The van der Waals surface area contributed by atoms with Crippen molar-refractivity contribution in [3.8, 4) is 11.5 Å². The molecule has 0 saturated heterocycles. The molecule has 0 radical (unpaired) electrons. The van der Waals surface area contributed by atoms with E-state index in [0.29, 0.717) is 5.92 Å². The van der Waals surface area contributed by atoms with Crippen LogP contribution in [0.1, 0.15) is 63.6 Å². The van der Waals surface area contributed by atoms with E-state index in [1.54, 1.807) is 0 Å². The molecule has 118 valence electrons. The van der Waals surface area contributed by atoms with Gasteiger partial charge >= 0.3 is 0 Å². The molecule has 5 nitrogen and oxygen atoms in total. The summed E-state index contributed by atoms with van der Waals surface area (Å²) in [5.41, 5.74) is 0.960. The van der Waals surface area contributed by atoms with Gasteiger partial charge in [0.2, 0.25) is 0 Å². The van der Waals surface area contributed by atoms with Gasteiger partial charge in [-0.05, 0) is 38.5 Å². The lowest BCUT2D eigenvalue weighted by Crippen LogP contribution is -2.17. The Balaban J connectivity index is 1.66. The Hall–Kier alpha value is -1.65. The fourth-order valence-corrected chi connectivity index (χ4v) is 3.56. The number of hydrogen-bond donors (Lipinski definition) is 1. The van der Waals surface area contributed by atoms with Crippen LogP contribution in [0.5, 0.6) is 0 Å². The molecule has 2 aliphatic carbocycles. The van der Waals surface area contributed by atoms with Gasteiger partial charge in [0, 0.05) is 19.0 Å². The fraction of sp³-hybridized carbons (Fsp3) is 0.706. The Bertz CT molecular complexity index is 610. The second kappa shape index (κ2) is 5.86. The summed E-state index contributed by atoms with van der Waals surface area (Å²) in [7, 11) is 0. The zero-order valence-corrected chi connectivity index (χ0v) is 13.4. The minimum Gasteiger partial charge on any atom is -0.368 e. The molecular formula is C17H25N5. The fourth-order valence-electron chi connectivity index (χ4n) is 3.56. The van der Waals surface area contributed by atoms with E-state index < -0.39 is 0 Å². The summed E-state index contributed by atoms with van der Waals surface area (Å²) < 4.78 is 2.24. The van der Waals surface area contributed by atoms with Gasteiger partial charge in [-0.3, -0.25) is 0 Å². The highest BCUT2D eigenvalue weighted by Gasteiger charge is 2.31. The normalized spacial score (nSPS) is 19.7. The van der Waals surface area contributed by atoms with Gasteiger partial charge in [0.1, 0.15) is 5.82 Å². The van der Waals surface area contributed by atoms with Gasteiger partial charge in [0.25, 0.3) is 0 Å². The first-order chi connectivity index (χ1) is 10.8. The van der Waals surface area contributed by atoms with Crippen LogP contribution in [-0.2, 0) is 6.54 Å². The molecule has 0 unspecified atom stereocenters. The summed E-state index contributed by atoms with van der Waals surface area (Å²) in [5.74, 6) is 4.30.